The van der Waals surface area contributed by atoms with E-state index in [1.165, 1.54) is 23.2 Å². The summed E-state index contributed by atoms with van der Waals surface area (Å²) in [5.41, 5.74) is 3.50. The van der Waals surface area contributed by atoms with Crippen molar-refractivity contribution in [2.45, 2.75) is 76.7 Å². The molecule has 1 saturated heterocycles. The summed E-state index contributed by atoms with van der Waals surface area (Å²) in [6, 6.07) is 7.38. The Labute approximate surface area is 214 Å². The number of fused-ring (bicyclic) bond motifs is 1. The molecule has 2 fully saturated rings. The molecule has 0 bridgehead atoms. The summed E-state index contributed by atoms with van der Waals surface area (Å²) < 4.78 is 57.6. The van der Waals surface area contributed by atoms with Crippen molar-refractivity contribution in [3.8, 4) is 11.3 Å². The average Bonchev–Trinajstić information content (AvgIpc) is 3.40. The van der Waals surface area contributed by atoms with Gasteiger partial charge in [0.1, 0.15) is 4.90 Å². The van der Waals surface area contributed by atoms with Gasteiger partial charge in [0.05, 0.1) is 11.2 Å². The zero-order chi connectivity index (χ0) is 25.7. The number of primary sulfonamides is 1. The molecule has 1 saturated carbocycles. The number of para-hydroxylation sites is 1. The number of nitrogens with two attached hydrogens (primary N) is 1. The fraction of sp³-hybridized carbons (Fsp3) is 0.538. The molecular formula is C26H36N4O4S2. The normalized spacial score (nSPS) is 18.8. The van der Waals surface area contributed by atoms with Gasteiger partial charge in [-0.3, -0.25) is 0 Å². The lowest BCUT2D eigenvalue weighted by molar-refractivity contribution is 0.318. The van der Waals surface area contributed by atoms with Crippen LogP contribution in [0.3, 0.4) is 0 Å². The summed E-state index contributed by atoms with van der Waals surface area (Å²) in [7, 11) is -7.71. The predicted octanol–water partition coefficient (Wildman–Crippen LogP) is 4.53. The highest BCUT2D eigenvalue weighted by molar-refractivity contribution is 7.89. The van der Waals surface area contributed by atoms with E-state index in [1.54, 1.807) is 23.5 Å². The zero-order valence-electron chi connectivity index (χ0n) is 21.1. The van der Waals surface area contributed by atoms with E-state index in [9.17, 15) is 16.8 Å². The average molecular weight is 533 g/mol. The van der Waals surface area contributed by atoms with Crippen molar-refractivity contribution in [3.63, 3.8) is 0 Å². The standard InChI is InChI=1S/C26H36N4O4S2/c1-19-10-9-13-22-23(18-30(26(19)22)36(33,34)28-14-7-4-8-15-28)24-16-25(35(27,31)32)20(2)29(24)17-21-11-5-3-6-12-21/h9-10,13,16,18,21H,3-8,11-12,14-15,17H2,1-2H3,(H2,27,31,32). The van der Waals surface area contributed by atoms with Gasteiger partial charge in [-0.05, 0) is 57.1 Å². The first-order chi connectivity index (χ1) is 17.1. The SMILES string of the molecule is Cc1cccc2c(-c3cc(S(N)(=O)=O)c(C)n3CC3CCCCC3)cn(S(=O)(=O)N3CCCCC3)c12. The second-order valence-corrected chi connectivity index (χ2v) is 13.8. The van der Waals surface area contributed by atoms with Gasteiger partial charge in [-0.15, -0.1) is 0 Å². The predicted molar refractivity (Wildman–Crippen MR) is 143 cm³/mol. The monoisotopic (exact) mass is 532 g/mol. The fourth-order valence-corrected chi connectivity index (χ4v) is 8.50. The van der Waals surface area contributed by atoms with Gasteiger partial charge < -0.3 is 4.57 Å². The number of aryl methyl sites for hydroxylation is 1. The summed E-state index contributed by atoms with van der Waals surface area (Å²) >= 11 is 0. The molecular weight excluding hydrogens is 496 g/mol. The van der Waals surface area contributed by atoms with Crippen molar-refractivity contribution in [1.82, 2.24) is 12.8 Å². The maximum absolute atomic E-state index is 13.8. The summed E-state index contributed by atoms with van der Waals surface area (Å²) in [5, 5.41) is 6.40. The molecule has 36 heavy (non-hydrogen) atoms. The van der Waals surface area contributed by atoms with Crippen molar-refractivity contribution >= 4 is 31.1 Å². The van der Waals surface area contributed by atoms with Gasteiger partial charge >= 0.3 is 10.2 Å². The number of hydrogen-bond acceptors (Lipinski definition) is 4. The van der Waals surface area contributed by atoms with Crippen molar-refractivity contribution in [1.29, 1.82) is 0 Å². The molecule has 10 heteroatoms. The number of hydrogen-bond donors (Lipinski definition) is 1. The van der Waals surface area contributed by atoms with Crippen molar-refractivity contribution in [2.75, 3.05) is 13.1 Å². The van der Waals surface area contributed by atoms with Crippen LogP contribution in [0.25, 0.3) is 22.2 Å². The molecule has 0 radical (unpaired) electrons. The van der Waals surface area contributed by atoms with Gasteiger partial charge in [0, 0.05) is 42.5 Å². The molecule has 2 aromatic heterocycles. The van der Waals surface area contributed by atoms with E-state index in [0.717, 1.165) is 43.1 Å². The van der Waals surface area contributed by atoms with Crippen LogP contribution in [-0.2, 0) is 26.8 Å². The lowest BCUT2D eigenvalue weighted by Crippen LogP contribution is -2.39. The summed E-state index contributed by atoms with van der Waals surface area (Å²) in [4.78, 5) is 0.0979. The topological polar surface area (TPSA) is 107 Å². The Morgan fingerprint density at radius 3 is 2.28 bits per heavy atom. The summed E-state index contributed by atoms with van der Waals surface area (Å²) in [6.45, 7) is 5.41. The molecule has 2 N–H and O–H groups in total. The van der Waals surface area contributed by atoms with Crippen LogP contribution in [0.2, 0.25) is 0 Å². The van der Waals surface area contributed by atoms with Gasteiger partial charge in [0.25, 0.3) is 0 Å². The Morgan fingerprint density at radius 2 is 1.61 bits per heavy atom. The van der Waals surface area contributed by atoms with Gasteiger partial charge in [0.15, 0.2) is 0 Å². The van der Waals surface area contributed by atoms with Crippen LogP contribution in [0, 0.1) is 19.8 Å². The Hall–Kier alpha value is -2.14. The first kappa shape index (κ1) is 25.5. The van der Waals surface area contributed by atoms with Crippen LogP contribution >= 0.6 is 0 Å². The van der Waals surface area contributed by atoms with Crippen molar-refractivity contribution < 1.29 is 16.8 Å². The van der Waals surface area contributed by atoms with Crippen LogP contribution in [0.1, 0.15) is 62.6 Å². The number of nitrogens with zero attached hydrogens (tertiary/aromatic N) is 3. The van der Waals surface area contributed by atoms with Crippen LogP contribution in [0.15, 0.2) is 35.4 Å². The van der Waals surface area contributed by atoms with Crippen LogP contribution in [-0.4, -0.2) is 42.8 Å². The highest BCUT2D eigenvalue weighted by atomic mass is 32.2. The van der Waals surface area contributed by atoms with E-state index >= 15 is 0 Å². The first-order valence-electron chi connectivity index (χ1n) is 12.9. The highest BCUT2D eigenvalue weighted by Gasteiger charge is 2.31. The summed E-state index contributed by atoms with van der Waals surface area (Å²) in [5.74, 6) is 0.448. The largest absolute Gasteiger partial charge is 0.343 e. The quantitative estimate of drug-likeness (QED) is 0.503. The van der Waals surface area contributed by atoms with E-state index in [1.807, 2.05) is 29.7 Å². The molecule has 1 aliphatic carbocycles. The molecule has 0 amide bonds. The molecule has 196 valence electrons. The number of piperidine rings is 1. The molecule has 2 aliphatic rings. The lowest BCUT2D eigenvalue weighted by Gasteiger charge is -2.26. The van der Waals surface area contributed by atoms with Crippen molar-refractivity contribution in [3.05, 3.63) is 41.7 Å². The van der Waals surface area contributed by atoms with Gasteiger partial charge in [-0.2, -0.15) is 12.7 Å². The van der Waals surface area contributed by atoms with Crippen LogP contribution in [0.5, 0.6) is 0 Å². The highest BCUT2D eigenvalue weighted by Crippen LogP contribution is 2.38. The van der Waals surface area contributed by atoms with E-state index in [4.69, 9.17) is 5.14 Å². The van der Waals surface area contributed by atoms with E-state index in [-0.39, 0.29) is 4.90 Å². The second kappa shape index (κ2) is 9.63. The number of sulfonamides is 1. The third-order valence-corrected chi connectivity index (χ3v) is 10.8. The minimum absolute atomic E-state index is 0.0979. The smallest absolute Gasteiger partial charge is 0.307 e. The second-order valence-electron chi connectivity index (χ2n) is 10.4. The third kappa shape index (κ3) is 4.53. The minimum Gasteiger partial charge on any atom is -0.343 e. The molecule has 1 aliphatic heterocycles. The number of benzene rings is 1. The van der Waals surface area contributed by atoms with Gasteiger partial charge in [0.2, 0.25) is 10.0 Å². The van der Waals surface area contributed by atoms with Crippen LogP contribution < -0.4 is 5.14 Å². The first-order valence-corrected chi connectivity index (χ1v) is 15.9. The van der Waals surface area contributed by atoms with E-state index in [2.05, 4.69) is 0 Å². The molecule has 0 atom stereocenters. The molecule has 8 nitrogen and oxygen atoms in total. The Bertz CT molecular complexity index is 1490. The molecule has 0 spiro atoms. The Balaban J connectivity index is 1.72. The molecule has 3 aromatic rings. The van der Waals surface area contributed by atoms with Gasteiger partial charge in [-0.1, -0.05) is 43.9 Å². The maximum Gasteiger partial charge on any atom is 0.307 e. The molecule has 1 aromatic carbocycles. The fourth-order valence-electron chi connectivity index (χ4n) is 6.02. The third-order valence-electron chi connectivity index (χ3n) is 7.95. The zero-order valence-corrected chi connectivity index (χ0v) is 22.7. The van der Waals surface area contributed by atoms with Crippen molar-refractivity contribution in [2.24, 2.45) is 11.1 Å². The number of rotatable bonds is 6. The lowest BCUT2D eigenvalue weighted by atomic mass is 9.89. The maximum atomic E-state index is 13.8. The summed E-state index contributed by atoms with van der Waals surface area (Å²) in [6.07, 6.45) is 10.2. The Morgan fingerprint density at radius 1 is 0.944 bits per heavy atom. The Kier molecular flexibility index (Phi) is 6.82. The van der Waals surface area contributed by atoms with E-state index < -0.39 is 20.2 Å². The minimum atomic E-state index is -3.94. The van der Waals surface area contributed by atoms with Gasteiger partial charge in [-0.25, -0.2) is 17.5 Å². The molecule has 5 rings (SSSR count). The number of aromatic nitrogens is 2. The van der Waals surface area contributed by atoms with Crippen LogP contribution in [0.4, 0.5) is 0 Å². The molecule has 3 heterocycles. The molecule has 0 unspecified atom stereocenters. The van der Waals surface area contributed by atoms with E-state index in [0.29, 0.717) is 48.0 Å².